The van der Waals surface area contributed by atoms with Gasteiger partial charge in [-0.2, -0.15) is 0 Å². The largest absolute Gasteiger partial charge is 0.322 e. The molecule has 22 heavy (non-hydrogen) atoms. The Bertz CT molecular complexity index is 733. The van der Waals surface area contributed by atoms with Gasteiger partial charge < -0.3 is 5.32 Å². The summed E-state index contributed by atoms with van der Waals surface area (Å²) in [6.45, 7) is 0. The van der Waals surface area contributed by atoms with Gasteiger partial charge in [0.2, 0.25) is 0 Å². The van der Waals surface area contributed by atoms with Gasteiger partial charge in [0.1, 0.15) is 17.2 Å². The highest BCUT2D eigenvalue weighted by Crippen LogP contribution is 2.26. The fourth-order valence-electron chi connectivity index (χ4n) is 1.81. The molecule has 0 unspecified atom stereocenters. The van der Waals surface area contributed by atoms with Crippen molar-refractivity contribution in [3.05, 3.63) is 63.7 Å². The maximum atomic E-state index is 13.1. The summed E-state index contributed by atoms with van der Waals surface area (Å²) in [7, 11) is 0. The molecule has 2 rings (SSSR count). The van der Waals surface area contributed by atoms with Gasteiger partial charge in [0, 0.05) is 22.7 Å². The summed E-state index contributed by atoms with van der Waals surface area (Å²) in [4.78, 5) is 23.1. The van der Waals surface area contributed by atoms with Crippen molar-refractivity contribution >= 4 is 29.0 Å². The Kier molecular flexibility index (Phi) is 4.71. The Balaban J connectivity index is 2.37. The average molecular weight is 324 g/mol. The molecule has 0 heterocycles. The van der Waals surface area contributed by atoms with Gasteiger partial charge in [-0.1, -0.05) is 0 Å². The lowest BCUT2D eigenvalue weighted by Gasteiger charge is -2.07. The maximum absolute atomic E-state index is 13.1. The van der Waals surface area contributed by atoms with Gasteiger partial charge in [0.25, 0.3) is 11.6 Å². The van der Waals surface area contributed by atoms with E-state index in [0.29, 0.717) is 11.0 Å². The van der Waals surface area contributed by atoms with Crippen LogP contribution in [0.25, 0.3) is 0 Å². The predicted octanol–water partition coefficient (Wildman–Crippen LogP) is 3.85. The van der Waals surface area contributed by atoms with E-state index < -0.39 is 22.5 Å². The number of hydrogen-bond donors (Lipinski definition) is 1. The van der Waals surface area contributed by atoms with Gasteiger partial charge in [-0.15, -0.1) is 11.8 Å². The van der Waals surface area contributed by atoms with Crippen molar-refractivity contribution < 1.29 is 18.5 Å². The third kappa shape index (κ3) is 3.59. The van der Waals surface area contributed by atoms with E-state index >= 15 is 0 Å². The molecule has 2 aromatic rings. The molecule has 0 aromatic heterocycles. The average Bonchev–Trinajstić information content (AvgIpc) is 2.45. The van der Waals surface area contributed by atoms with Crippen LogP contribution in [-0.4, -0.2) is 17.1 Å². The van der Waals surface area contributed by atoms with Crippen molar-refractivity contribution in [1.82, 2.24) is 0 Å². The summed E-state index contributed by atoms with van der Waals surface area (Å²) < 4.78 is 26.2. The number of nitrogens with zero attached hydrogens (tertiary/aromatic N) is 1. The first-order valence-electron chi connectivity index (χ1n) is 6.00. The van der Waals surface area contributed by atoms with Crippen LogP contribution in [0, 0.1) is 21.7 Å². The van der Waals surface area contributed by atoms with Crippen LogP contribution in [0.1, 0.15) is 10.4 Å². The second-order valence-electron chi connectivity index (χ2n) is 4.25. The number of amides is 1. The van der Waals surface area contributed by atoms with Crippen molar-refractivity contribution in [2.75, 3.05) is 11.6 Å². The monoisotopic (exact) mass is 324 g/mol. The van der Waals surface area contributed by atoms with Crippen LogP contribution < -0.4 is 5.32 Å². The number of anilines is 1. The van der Waals surface area contributed by atoms with Crippen LogP contribution in [0.15, 0.2) is 41.3 Å². The molecular weight excluding hydrogens is 314 g/mol. The van der Waals surface area contributed by atoms with E-state index in [1.165, 1.54) is 30.0 Å². The van der Waals surface area contributed by atoms with E-state index in [-0.39, 0.29) is 16.9 Å². The third-order valence-electron chi connectivity index (χ3n) is 2.77. The van der Waals surface area contributed by atoms with Crippen LogP contribution >= 0.6 is 11.8 Å². The summed E-state index contributed by atoms with van der Waals surface area (Å²) in [6, 6.07) is 6.59. The summed E-state index contributed by atoms with van der Waals surface area (Å²) in [6.07, 6.45) is 1.75. The maximum Gasteiger partial charge on any atom is 0.282 e. The lowest BCUT2D eigenvalue weighted by atomic mass is 10.1. The molecule has 0 fully saturated rings. The highest BCUT2D eigenvalue weighted by Gasteiger charge is 2.21. The highest BCUT2D eigenvalue weighted by atomic mass is 32.2. The zero-order valence-corrected chi connectivity index (χ0v) is 12.1. The fraction of sp³-hybridized carbons (Fsp3) is 0.0714. The number of carbonyl (C=O) groups is 1. The Labute approximate surface area is 128 Å². The van der Waals surface area contributed by atoms with Crippen molar-refractivity contribution in [3.63, 3.8) is 0 Å². The van der Waals surface area contributed by atoms with Crippen molar-refractivity contribution in [1.29, 1.82) is 0 Å². The molecule has 0 radical (unpaired) electrons. The van der Waals surface area contributed by atoms with Crippen LogP contribution in [-0.2, 0) is 0 Å². The quantitative estimate of drug-likeness (QED) is 0.527. The zero-order valence-electron chi connectivity index (χ0n) is 11.3. The number of carbonyl (C=O) groups excluding carboxylic acids is 1. The van der Waals surface area contributed by atoms with Gasteiger partial charge in [0.15, 0.2) is 0 Å². The molecule has 0 aliphatic rings. The molecule has 1 amide bonds. The fourth-order valence-corrected chi connectivity index (χ4v) is 2.25. The van der Waals surface area contributed by atoms with Gasteiger partial charge in [0.05, 0.1) is 4.92 Å². The van der Waals surface area contributed by atoms with Crippen LogP contribution in [0.4, 0.5) is 20.2 Å². The molecule has 0 spiro atoms. The molecule has 1 N–H and O–H groups in total. The predicted molar refractivity (Wildman–Crippen MR) is 79.2 cm³/mol. The summed E-state index contributed by atoms with van der Waals surface area (Å²) >= 11 is 1.31. The molecule has 5 nitrogen and oxygen atoms in total. The van der Waals surface area contributed by atoms with Gasteiger partial charge in [-0.05, 0) is 30.5 Å². The highest BCUT2D eigenvalue weighted by molar-refractivity contribution is 7.98. The number of thioether (sulfide) groups is 1. The van der Waals surface area contributed by atoms with E-state index in [1.54, 1.807) is 6.26 Å². The first-order valence-corrected chi connectivity index (χ1v) is 7.23. The summed E-state index contributed by atoms with van der Waals surface area (Å²) in [5, 5.41) is 13.2. The molecular formula is C14H10F2N2O3S. The first-order chi connectivity index (χ1) is 10.4. The van der Waals surface area contributed by atoms with E-state index in [1.807, 2.05) is 0 Å². The van der Waals surface area contributed by atoms with E-state index in [9.17, 15) is 23.7 Å². The Morgan fingerprint density at radius 3 is 2.36 bits per heavy atom. The Morgan fingerprint density at radius 2 is 1.82 bits per heavy atom. The molecule has 2 aromatic carbocycles. The lowest BCUT2D eigenvalue weighted by Crippen LogP contribution is -2.14. The molecule has 0 saturated carbocycles. The molecule has 114 valence electrons. The lowest BCUT2D eigenvalue weighted by molar-refractivity contribution is -0.385. The Hall–Kier alpha value is -2.48. The van der Waals surface area contributed by atoms with E-state index in [0.717, 1.165) is 12.1 Å². The minimum atomic E-state index is -0.859. The second-order valence-corrected chi connectivity index (χ2v) is 5.13. The number of halogens is 2. The number of benzene rings is 2. The number of hydrogen-bond acceptors (Lipinski definition) is 4. The minimum absolute atomic E-state index is 0.119. The van der Waals surface area contributed by atoms with E-state index in [4.69, 9.17) is 0 Å². The zero-order chi connectivity index (χ0) is 16.3. The third-order valence-corrected chi connectivity index (χ3v) is 3.49. The van der Waals surface area contributed by atoms with Crippen LogP contribution in [0.3, 0.4) is 0 Å². The SMILES string of the molecule is CSc1ccc([N+](=O)[O-])c(C(=O)Nc2cc(F)cc(F)c2)c1. The van der Waals surface area contributed by atoms with Crippen molar-refractivity contribution in [2.45, 2.75) is 4.90 Å². The standard InChI is InChI=1S/C14H10F2N2O3S/c1-22-11-2-3-13(18(20)21)12(7-11)14(19)17-10-5-8(15)4-9(16)6-10/h2-7H,1H3,(H,17,19). The normalized spacial score (nSPS) is 10.3. The molecule has 0 atom stereocenters. The van der Waals surface area contributed by atoms with Gasteiger partial charge in [-0.3, -0.25) is 14.9 Å². The van der Waals surface area contributed by atoms with Gasteiger partial charge in [-0.25, -0.2) is 8.78 Å². The van der Waals surface area contributed by atoms with Crippen LogP contribution in [0.2, 0.25) is 0 Å². The van der Waals surface area contributed by atoms with E-state index in [2.05, 4.69) is 5.32 Å². The molecule has 0 bridgehead atoms. The summed E-state index contributed by atoms with van der Waals surface area (Å²) in [5.74, 6) is -2.53. The second kappa shape index (κ2) is 6.52. The summed E-state index contributed by atoms with van der Waals surface area (Å²) in [5.41, 5.74) is -0.681. The minimum Gasteiger partial charge on any atom is -0.322 e. The number of nitrogens with one attached hydrogen (secondary N) is 1. The van der Waals surface area contributed by atoms with Crippen molar-refractivity contribution in [2.24, 2.45) is 0 Å². The number of nitro benzene ring substituents is 1. The molecule has 0 aliphatic carbocycles. The number of nitro groups is 1. The van der Waals surface area contributed by atoms with Gasteiger partial charge >= 0.3 is 0 Å². The van der Waals surface area contributed by atoms with Crippen molar-refractivity contribution in [3.8, 4) is 0 Å². The van der Waals surface area contributed by atoms with Crippen LogP contribution in [0.5, 0.6) is 0 Å². The topological polar surface area (TPSA) is 72.2 Å². The molecule has 0 aliphatic heterocycles. The molecule has 0 saturated heterocycles. The number of rotatable bonds is 4. The first kappa shape index (κ1) is 15.9. The smallest absolute Gasteiger partial charge is 0.282 e. The Morgan fingerprint density at radius 1 is 1.18 bits per heavy atom. The molecule has 8 heteroatoms.